The van der Waals surface area contributed by atoms with Crippen molar-refractivity contribution in [3.63, 3.8) is 0 Å². The van der Waals surface area contributed by atoms with E-state index in [9.17, 15) is 5.11 Å². The number of rotatable bonds is 1. The minimum atomic E-state index is 0.331. The molecule has 76 valence electrons. The van der Waals surface area contributed by atoms with Crippen molar-refractivity contribution < 1.29 is 5.11 Å². The van der Waals surface area contributed by atoms with E-state index >= 15 is 0 Å². The van der Waals surface area contributed by atoms with E-state index in [1.165, 1.54) is 5.56 Å². The summed E-state index contributed by atoms with van der Waals surface area (Å²) in [6, 6.07) is 13.7. The number of benzene rings is 2. The van der Waals surface area contributed by atoms with Crippen LogP contribution in [0.25, 0.3) is 11.1 Å². The summed E-state index contributed by atoms with van der Waals surface area (Å²) in [5, 5.41) is 9.58. The fraction of sp³-hybridized carbons (Fsp3) is 0.143. The molecule has 0 aliphatic heterocycles. The SMILES string of the molecule is Cc1cc(O)cc(-c2ccccc2)c1C. The Kier molecular flexibility index (Phi) is 2.46. The molecule has 0 saturated heterocycles. The van der Waals surface area contributed by atoms with E-state index in [0.29, 0.717) is 5.75 Å². The third-order valence-electron chi connectivity index (χ3n) is 2.74. The Balaban J connectivity index is 2.63. The standard InChI is InChI=1S/C14H14O/c1-10-8-13(15)9-14(11(10)2)12-6-4-3-5-7-12/h3-9,15H,1-2H3. The van der Waals surface area contributed by atoms with Crippen LogP contribution in [0.3, 0.4) is 0 Å². The van der Waals surface area contributed by atoms with Gasteiger partial charge in [-0.1, -0.05) is 30.3 Å². The molecule has 0 aliphatic rings. The highest BCUT2D eigenvalue weighted by Gasteiger charge is 2.05. The zero-order valence-electron chi connectivity index (χ0n) is 8.99. The van der Waals surface area contributed by atoms with Crippen molar-refractivity contribution in [1.82, 2.24) is 0 Å². The maximum Gasteiger partial charge on any atom is 0.116 e. The van der Waals surface area contributed by atoms with Gasteiger partial charge in [-0.15, -0.1) is 0 Å². The summed E-state index contributed by atoms with van der Waals surface area (Å²) in [7, 11) is 0. The second-order valence-electron chi connectivity index (χ2n) is 3.80. The van der Waals surface area contributed by atoms with Crippen molar-refractivity contribution in [1.29, 1.82) is 0 Å². The summed E-state index contributed by atoms with van der Waals surface area (Å²) in [4.78, 5) is 0. The summed E-state index contributed by atoms with van der Waals surface area (Å²) < 4.78 is 0. The van der Waals surface area contributed by atoms with Gasteiger partial charge in [-0.25, -0.2) is 0 Å². The Bertz CT molecular complexity index is 472. The molecule has 1 nitrogen and oxygen atoms in total. The first-order chi connectivity index (χ1) is 7.18. The molecule has 0 fully saturated rings. The van der Waals surface area contributed by atoms with E-state index in [0.717, 1.165) is 16.7 Å². The second kappa shape index (κ2) is 3.77. The third-order valence-corrected chi connectivity index (χ3v) is 2.74. The van der Waals surface area contributed by atoms with Crippen LogP contribution in [0.5, 0.6) is 5.75 Å². The molecule has 0 radical (unpaired) electrons. The van der Waals surface area contributed by atoms with Gasteiger partial charge in [0.15, 0.2) is 0 Å². The number of aromatic hydroxyl groups is 1. The summed E-state index contributed by atoms with van der Waals surface area (Å²) in [6.07, 6.45) is 0. The molecule has 2 aromatic rings. The zero-order valence-corrected chi connectivity index (χ0v) is 8.99. The highest BCUT2D eigenvalue weighted by Crippen LogP contribution is 2.29. The maximum atomic E-state index is 9.58. The van der Waals surface area contributed by atoms with Crippen molar-refractivity contribution in [3.05, 3.63) is 53.6 Å². The first-order valence-electron chi connectivity index (χ1n) is 5.04. The molecule has 2 rings (SSSR count). The van der Waals surface area contributed by atoms with Crippen LogP contribution in [-0.2, 0) is 0 Å². The monoisotopic (exact) mass is 198 g/mol. The van der Waals surface area contributed by atoms with Crippen LogP contribution in [0.2, 0.25) is 0 Å². The quantitative estimate of drug-likeness (QED) is 0.741. The third kappa shape index (κ3) is 1.86. The average molecular weight is 198 g/mol. The van der Waals surface area contributed by atoms with E-state index in [-0.39, 0.29) is 0 Å². The van der Waals surface area contributed by atoms with Crippen LogP contribution < -0.4 is 0 Å². The summed E-state index contributed by atoms with van der Waals surface area (Å²) in [6.45, 7) is 4.10. The molecule has 15 heavy (non-hydrogen) atoms. The fourth-order valence-corrected chi connectivity index (χ4v) is 1.76. The molecule has 0 aliphatic carbocycles. The van der Waals surface area contributed by atoms with Gasteiger partial charge in [-0.2, -0.15) is 0 Å². The number of phenols is 1. The largest absolute Gasteiger partial charge is 0.508 e. The minimum absolute atomic E-state index is 0.331. The van der Waals surface area contributed by atoms with Gasteiger partial charge in [0.1, 0.15) is 5.75 Å². The van der Waals surface area contributed by atoms with E-state index in [1.807, 2.05) is 31.2 Å². The lowest BCUT2D eigenvalue weighted by Crippen LogP contribution is -1.87. The number of phenolic OH excluding ortho intramolecular Hbond substituents is 1. The van der Waals surface area contributed by atoms with Crippen molar-refractivity contribution in [3.8, 4) is 16.9 Å². The van der Waals surface area contributed by atoms with E-state index in [1.54, 1.807) is 6.07 Å². The normalized spacial score (nSPS) is 10.3. The average Bonchev–Trinajstić information content (AvgIpc) is 2.24. The lowest BCUT2D eigenvalue weighted by Gasteiger charge is -2.09. The van der Waals surface area contributed by atoms with Crippen LogP contribution in [0, 0.1) is 13.8 Å². The van der Waals surface area contributed by atoms with Crippen molar-refractivity contribution in [2.45, 2.75) is 13.8 Å². The molecule has 0 saturated carbocycles. The Morgan fingerprint density at radius 1 is 0.933 bits per heavy atom. The predicted octanol–water partition coefficient (Wildman–Crippen LogP) is 3.68. The molecular weight excluding hydrogens is 184 g/mol. The lowest BCUT2D eigenvalue weighted by molar-refractivity contribution is 0.475. The van der Waals surface area contributed by atoms with Gasteiger partial charge in [0.2, 0.25) is 0 Å². The van der Waals surface area contributed by atoms with Crippen LogP contribution in [0.15, 0.2) is 42.5 Å². The molecule has 0 bridgehead atoms. The van der Waals surface area contributed by atoms with E-state index < -0.39 is 0 Å². The topological polar surface area (TPSA) is 20.2 Å². The van der Waals surface area contributed by atoms with Crippen molar-refractivity contribution in [2.24, 2.45) is 0 Å². The molecule has 0 amide bonds. The van der Waals surface area contributed by atoms with E-state index in [2.05, 4.69) is 19.1 Å². The van der Waals surface area contributed by atoms with Crippen molar-refractivity contribution in [2.75, 3.05) is 0 Å². The molecule has 0 heterocycles. The molecular formula is C14H14O. The summed E-state index contributed by atoms with van der Waals surface area (Å²) in [5.74, 6) is 0.331. The Morgan fingerprint density at radius 2 is 1.60 bits per heavy atom. The number of hydrogen-bond donors (Lipinski definition) is 1. The van der Waals surface area contributed by atoms with Crippen LogP contribution in [0.1, 0.15) is 11.1 Å². The Hall–Kier alpha value is -1.76. The first-order valence-corrected chi connectivity index (χ1v) is 5.04. The zero-order chi connectivity index (χ0) is 10.8. The Morgan fingerprint density at radius 3 is 2.27 bits per heavy atom. The summed E-state index contributed by atoms with van der Waals surface area (Å²) >= 11 is 0. The van der Waals surface area contributed by atoms with Crippen molar-refractivity contribution >= 4 is 0 Å². The maximum absolute atomic E-state index is 9.58. The molecule has 1 heteroatoms. The molecule has 0 spiro atoms. The smallest absolute Gasteiger partial charge is 0.116 e. The summed E-state index contributed by atoms with van der Waals surface area (Å²) in [5.41, 5.74) is 4.59. The highest BCUT2D eigenvalue weighted by atomic mass is 16.3. The van der Waals surface area contributed by atoms with Gasteiger partial charge in [0.25, 0.3) is 0 Å². The molecule has 0 aromatic heterocycles. The predicted molar refractivity (Wildman–Crippen MR) is 63.0 cm³/mol. The van der Waals surface area contributed by atoms with E-state index in [4.69, 9.17) is 0 Å². The Labute approximate surface area is 90.0 Å². The fourth-order valence-electron chi connectivity index (χ4n) is 1.76. The van der Waals surface area contributed by atoms with Gasteiger partial charge >= 0.3 is 0 Å². The van der Waals surface area contributed by atoms with Gasteiger partial charge in [-0.05, 0) is 48.2 Å². The number of hydrogen-bond acceptors (Lipinski definition) is 1. The highest BCUT2D eigenvalue weighted by molar-refractivity contribution is 5.70. The molecule has 0 atom stereocenters. The lowest BCUT2D eigenvalue weighted by atomic mass is 9.97. The van der Waals surface area contributed by atoms with Gasteiger partial charge in [0, 0.05) is 0 Å². The van der Waals surface area contributed by atoms with Crippen LogP contribution in [0.4, 0.5) is 0 Å². The van der Waals surface area contributed by atoms with Gasteiger partial charge in [-0.3, -0.25) is 0 Å². The second-order valence-corrected chi connectivity index (χ2v) is 3.80. The molecule has 1 N–H and O–H groups in total. The van der Waals surface area contributed by atoms with Crippen LogP contribution >= 0.6 is 0 Å². The van der Waals surface area contributed by atoms with Crippen LogP contribution in [-0.4, -0.2) is 5.11 Å². The molecule has 2 aromatic carbocycles. The number of aryl methyl sites for hydroxylation is 1. The minimum Gasteiger partial charge on any atom is -0.508 e. The van der Waals surface area contributed by atoms with Gasteiger partial charge in [0.05, 0.1) is 0 Å². The molecule has 0 unspecified atom stereocenters. The van der Waals surface area contributed by atoms with Gasteiger partial charge < -0.3 is 5.11 Å². The first kappa shape index (κ1) is 9.78.